The van der Waals surface area contributed by atoms with Crippen molar-refractivity contribution >= 4 is 27.3 Å². The maximum atomic E-state index is 12.8. The number of rotatable bonds is 8. The first kappa shape index (κ1) is 24.3. The highest BCUT2D eigenvalue weighted by Crippen LogP contribution is 2.26. The summed E-state index contributed by atoms with van der Waals surface area (Å²) in [6.45, 7) is 3.01. The SMILES string of the molecule is COc1ccc(C(CNC(=O)c2ccc(S(=O)(=O)c3ccc(Cl)cc3)o2)N2CCOCC2)cc1. The summed E-state index contributed by atoms with van der Waals surface area (Å²) in [4.78, 5) is 15.1. The van der Waals surface area contributed by atoms with E-state index in [1.807, 2.05) is 24.3 Å². The van der Waals surface area contributed by atoms with Crippen molar-refractivity contribution in [2.45, 2.75) is 16.0 Å². The average molecular weight is 505 g/mol. The quantitative estimate of drug-likeness (QED) is 0.500. The Bertz CT molecular complexity index is 1220. The van der Waals surface area contributed by atoms with E-state index in [0.717, 1.165) is 24.4 Å². The van der Waals surface area contributed by atoms with Crippen LogP contribution in [0.25, 0.3) is 0 Å². The van der Waals surface area contributed by atoms with Crippen molar-refractivity contribution in [2.24, 2.45) is 0 Å². The normalized spacial score (nSPS) is 15.6. The Morgan fingerprint density at radius 3 is 2.38 bits per heavy atom. The molecule has 34 heavy (non-hydrogen) atoms. The van der Waals surface area contributed by atoms with E-state index < -0.39 is 15.7 Å². The summed E-state index contributed by atoms with van der Waals surface area (Å²) < 4.78 is 41.7. The number of carbonyl (C=O) groups excluding carboxylic acids is 1. The number of hydrogen-bond acceptors (Lipinski definition) is 7. The summed E-state index contributed by atoms with van der Waals surface area (Å²) in [7, 11) is -2.30. The average Bonchev–Trinajstić information content (AvgIpc) is 3.37. The third kappa shape index (κ3) is 5.44. The van der Waals surface area contributed by atoms with Gasteiger partial charge in [-0.05, 0) is 54.1 Å². The molecule has 1 amide bonds. The zero-order valence-corrected chi connectivity index (χ0v) is 20.1. The molecule has 0 spiro atoms. The largest absolute Gasteiger partial charge is 0.497 e. The number of nitrogens with zero attached hydrogens (tertiary/aromatic N) is 1. The second-order valence-corrected chi connectivity index (χ2v) is 10.0. The predicted molar refractivity (Wildman–Crippen MR) is 126 cm³/mol. The van der Waals surface area contributed by atoms with Crippen LogP contribution in [0.5, 0.6) is 5.75 Å². The minimum atomic E-state index is -3.91. The van der Waals surface area contributed by atoms with Crippen LogP contribution in [-0.2, 0) is 14.6 Å². The summed E-state index contributed by atoms with van der Waals surface area (Å²) >= 11 is 5.84. The lowest BCUT2D eigenvalue weighted by Gasteiger charge is -2.34. The summed E-state index contributed by atoms with van der Waals surface area (Å²) in [6.07, 6.45) is 0. The number of methoxy groups -OCH3 is 1. The second kappa shape index (κ2) is 10.6. The number of carbonyl (C=O) groups is 1. The zero-order valence-electron chi connectivity index (χ0n) is 18.6. The lowest BCUT2D eigenvalue weighted by molar-refractivity contribution is 0.0161. The van der Waals surface area contributed by atoms with Crippen molar-refractivity contribution < 1.29 is 27.1 Å². The van der Waals surface area contributed by atoms with Crippen LogP contribution >= 0.6 is 11.6 Å². The number of furan rings is 1. The highest BCUT2D eigenvalue weighted by atomic mass is 35.5. The number of hydrogen-bond donors (Lipinski definition) is 1. The molecule has 0 bridgehead atoms. The molecular formula is C24H25ClN2O6S. The maximum absolute atomic E-state index is 12.8. The topological polar surface area (TPSA) is 98.1 Å². The molecule has 2 aromatic carbocycles. The van der Waals surface area contributed by atoms with E-state index in [9.17, 15) is 13.2 Å². The van der Waals surface area contributed by atoms with Crippen LogP contribution in [0.2, 0.25) is 5.02 Å². The van der Waals surface area contributed by atoms with Gasteiger partial charge in [-0.25, -0.2) is 8.42 Å². The van der Waals surface area contributed by atoms with Gasteiger partial charge in [0.15, 0.2) is 5.76 Å². The van der Waals surface area contributed by atoms with Crippen molar-refractivity contribution in [3.8, 4) is 5.75 Å². The number of benzene rings is 2. The van der Waals surface area contributed by atoms with E-state index in [0.29, 0.717) is 24.8 Å². The molecule has 2 heterocycles. The van der Waals surface area contributed by atoms with Gasteiger partial charge in [0.2, 0.25) is 14.9 Å². The lowest BCUT2D eigenvalue weighted by atomic mass is 10.0. The molecule has 1 unspecified atom stereocenters. The van der Waals surface area contributed by atoms with Crippen LogP contribution in [0.4, 0.5) is 0 Å². The van der Waals surface area contributed by atoms with Gasteiger partial charge in [-0.1, -0.05) is 23.7 Å². The number of morpholine rings is 1. The Kier molecular flexibility index (Phi) is 7.57. The van der Waals surface area contributed by atoms with Crippen LogP contribution in [-0.4, -0.2) is 59.2 Å². The van der Waals surface area contributed by atoms with Gasteiger partial charge in [-0.15, -0.1) is 0 Å². The van der Waals surface area contributed by atoms with E-state index in [2.05, 4.69) is 10.2 Å². The van der Waals surface area contributed by atoms with Gasteiger partial charge in [0.1, 0.15) is 5.75 Å². The summed E-state index contributed by atoms with van der Waals surface area (Å²) in [5.41, 5.74) is 1.02. The van der Waals surface area contributed by atoms with E-state index >= 15 is 0 Å². The molecular weight excluding hydrogens is 480 g/mol. The standard InChI is InChI=1S/C24H25ClN2O6S/c1-31-19-6-2-17(3-7-19)21(27-12-14-32-15-13-27)16-26-24(28)22-10-11-23(33-22)34(29,30)20-8-4-18(25)5-9-20/h2-11,21H,12-16H2,1H3,(H,26,28). The van der Waals surface area contributed by atoms with Gasteiger partial charge < -0.3 is 19.2 Å². The third-order valence-electron chi connectivity index (χ3n) is 5.64. The summed E-state index contributed by atoms with van der Waals surface area (Å²) in [5, 5.41) is 2.99. The molecule has 1 aromatic heterocycles. The van der Waals surface area contributed by atoms with Crippen molar-refractivity contribution in [3.05, 3.63) is 77.0 Å². The Morgan fingerprint density at radius 1 is 1.06 bits per heavy atom. The van der Waals surface area contributed by atoms with Crippen molar-refractivity contribution in [3.63, 3.8) is 0 Å². The summed E-state index contributed by atoms with van der Waals surface area (Å²) in [6, 6.07) is 16.0. The monoisotopic (exact) mass is 504 g/mol. The van der Waals surface area contributed by atoms with Crippen molar-refractivity contribution in [2.75, 3.05) is 40.0 Å². The Hall–Kier alpha value is -2.85. The van der Waals surface area contributed by atoms with Gasteiger partial charge in [0, 0.05) is 24.7 Å². The molecule has 1 fully saturated rings. The van der Waals surface area contributed by atoms with Crippen LogP contribution < -0.4 is 10.1 Å². The van der Waals surface area contributed by atoms with Gasteiger partial charge in [0.05, 0.1) is 31.3 Å². The zero-order chi connectivity index (χ0) is 24.1. The van der Waals surface area contributed by atoms with Crippen LogP contribution in [0.15, 0.2) is 75.1 Å². The molecule has 1 aliphatic rings. The minimum Gasteiger partial charge on any atom is -0.497 e. The first-order chi connectivity index (χ1) is 16.4. The molecule has 1 N–H and O–H groups in total. The molecule has 1 saturated heterocycles. The van der Waals surface area contributed by atoms with E-state index in [1.54, 1.807) is 7.11 Å². The van der Waals surface area contributed by atoms with E-state index in [4.69, 9.17) is 25.5 Å². The maximum Gasteiger partial charge on any atom is 0.287 e. The van der Waals surface area contributed by atoms with Gasteiger partial charge >= 0.3 is 0 Å². The minimum absolute atomic E-state index is 0.0325. The van der Waals surface area contributed by atoms with E-state index in [1.165, 1.54) is 36.4 Å². The molecule has 180 valence electrons. The number of ether oxygens (including phenoxy) is 2. The number of nitrogens with one attached hydrogen (secondary N) is 1. The molecule has 0 aliphatic carbocycles. The van der Waals surface area contributed by atoms with Gasteiger partial charge in [-0.2, -0.15) is 0 Å². The van der Waals surface area contributed by atoms with Gasteiger partial charge in [0.25, 0.3) is 5.91 Å². The van der Waals surface area contributed by atoms with Crippen LogP contribution in [0.3, 0.4) is 0 Å². The molecule has 0 radical (unpaired) electrons. The smallest absolute Gasteiger partial charge is 0.287 e. The fourth-order valence-corrected chi connectivity index (χ4v) is 5.07. The van der Waals surface area contributed by atoms with E-state index in [-0.39, 0.29) is 21.8 Å². The predicted octanol–water partition coefficient (Wildman–Crippen LogP) is 3.58. The van der Waals surface area contributed by atoms with Gasteiger partial charge in [-0.3, -0.25) is 9.69 Å². The molecule has 8 nitrogen and oxygen atoms in total. The third-order valence-corrected chi connectivity index (χ3v) is 7.53. The fourth-order valence-electron chi connectivity index (χ4n) is 3.77. The molecule has 0 saturated carbocycles. The lowest BCUT2D eigenvalue weighted by Crippen LogP contribution is -2.43. The molecule has 10 heteroatoms. The molecule has 1 atom stereocenters. The number of amides is 1. The Balaban J connectivity index is 1.48. The van der Waals surface area contributed by atoms with Crippen molar-refractivity contribution in [1.82, 2.24) is 10.2 Å². The molecule has 1 aliphatic heterocycles. The highest BCUT2D eigenvalue weighted by Gasteiger charge is 2.26. The number of halogens is 1. The first-order valence-corrected chi connectivity index (χ1v) is 12.6. The Morgan fingerprint density at radius 2 is 1.74 bits per heavy atom. The van der Waals surface area contributed by atoms with Crippen LogP contribution in [0.1, 0.15) is 22.2 Å². The highest BCUT2D eigenvalue weighted by molar-refractivity contribution is 7.91. The van der Waals surface area contributed by atoms with Crippen LogP contribution in [0, 0.1) is 0 Å². The second-order valence-electron chi connectivity index (χ2n) is 7.72. The number of sulfone groups is 1. The summed E-state index contributed by atoms with van der Waals surface area (Å²) in [5.74, 6) is 0.172. The molecule has 3 aromatic rings. The molecule has 4 rings (SSSR count). The fraction of sp³-hybridized carbons (Fsp3) is 0.292. The Labute approximate surface area is 203 Å². The van der Waals surface area contributed by atoms with Crippen molar-refractivity contribution in [1.29, 1.82) is 0 Å². The first-order valence-electron chi connectivity index (χ1n) is 10.7.